The van der Waals surface area contributed by atoms with E-state index >= 15 is 0 Å². The predicted molar refractivity (Wildman–Crippen MR) is 70.5 cm³/mol. The van der Waals surface area contributed by atoms with Crippen LogP contribution in [0.2, 0.25) is 0 Å². The van der Waals surface area contributed by atoms with Crippen molar-refractivity contribution in [3.8, 4) is 5.75 Å². The number of hydrogen-bond acceptors (Lipinski definition) is 3. The van der Waals surface area contributed by atoms with Gasteiger partial charge in [-0.2, -0.15) is 0 Å². The van der Waals surface area contributed by atoms with E-state index in [-0.39, 0.29) is 0 Å². The van der Waals surface area contributed by atoms with Gasteiger partial charge in [0.15, 0.2) is 0 Å². The third-order valence-corrected chi connectivity index (χ3v) is 2.60. The minimum atomic E-state index is -0.630. The Labute approximate surface area is 104 Å². The average Bonchev–Trinajstić information content (AvgIpc) is 2.25. The summed E-state index contributed by atoms with van der Waals surface area (Å²) in [4.78, 5) is 2.14. The molecular weight excluding hydrogens is 214 g/mol. The van der Waals surface area contributed by atoms with Gasteiger partial charge in [0.25, 0.3) is 0 Å². The van der Waals surface area contributed by atoms with Gasteiger partial charge < -0.3 is 14.7 Å². The standard InChI is InChI=1S/C14H23NO2/c1-14(2,16)11-15(3)10-9-12-5-7-13(17-4)8-6-12/h5-8,16H,9-11H2,1-4H3. The second-order valence-electron chi connectivity index (χ2n) is 5.15. The van der Waals surface area contributed by atoms with Crippen LogP contribution in [0.15, 0.2) is 24.3 Å². The molecule has 96 valence electrons. The number of ether oxygens (including phenoxy) is 1. The molecule has 1 rings (SSSR count). The minimum absolute atomic E-state index is 0.630. The minimum Gasteiger partial charge on any atom is -0.497 e. The first-order chi connectivity index (χ1) is 7.90. The molecule has 0 bridgehead atoms. The highest BCUT2D eigenvalue weighted by atomic mass is 16.5. The first kappa shape index (κ1) is 14.0. The molecule has 0 saturated heterocycles. The van der Waals surface area contributed by atoms with Gasteiger partial charge in [0.2, 0.25) is 0 Å². The first-order valence-corrected chi connectivity index (χ1v) is 5.94. The number of aliphatic hydroxyl groups is 1. The smallest absolute Gasteiger partial charge is 0.118 e. The Balaban J connectivity index is 2.39. The Kier molecular flexibility index (Phi) is 4.97. The second-order valence-corrected chi connectivity index (χ2v) is 5.15. The summed E-state index contributed by atoms with van der Waals surface area (Å²) in [5, 5.41) is 9.70. The van der Waals surface area contributed by atoms with Crippen molar-refractivity contribution in [1.82, 2.24) is 4.90 Å². The van der Waals surface area contributed by atoms with Crippen LogP contribution in [0.25, 0.3) is 0 Å². The van der Waals surface area contributed by atoms with E-state index < -0.39 is 5.60 Å². The summed E-state index contributed by atoms with van der Waals surface area (Å²) >= 11 is 0. The van der Waals surface area contributed by atoms with Crippen LogP contribution in [-0.2, 0) is 6.42 Å². The Morgan fingerprint density at radius 3 is 2.29 bits per heavy atom. The zero-order chi connectivity index (χ0) is 12.9. The van der Waals surface area contributed by atoms with E-state index in [4.69, 9.17) is 4.74 Å². The molecule has 0 aliphatic heterocycles. The average molecular weight is 237 g/mol. The molecule has 0 amide bonds. The van der Waals surface area contributed by atoms with Crippen LogP contribution in [-0.4, -0.2) is 42.9 Å². The molecule has 1 aromatic carbocycles. The number of rotatable bonds is 6. The number of methoxy groups -OCH3 is 1. The maximum atomic E-state index is 9.70. The highest BCUT2D eigenvalue weighted by molar-refractivity contribution is 5.27. The Morgan fingerprint density at radius 2 is 1.82 bits per heavy atom. The maximum absolute atomic E-state index is 9.70. The summed E-state index contributed by atoms with van der Waals surface area (Å²) in [6.07, 6.45) is 0.983. The zero-order valence-corrected chi connectivity index (χ0v) is 11.2. The van der Waals surface area contributed by atoms with Crippen molar-refractivity contribution in [3.63, 3.8) is 0 Å². The molecule has 0 atom stereocenters. The molecule has 1 aromatic rings. The highest BCUT2D eigenvalue weighted by Gasteiger charge is 2.14. The Hall–Kier alpha value is -1.06. The molecule has 0 saturated carbocycles. The summed E-state index contributed by atoms with van der Waals surface area (Å²) in [7, 11) is 3.70. The fourth-order valence-electron chi connectivity index (χ4n) is 1.85. The number of likely N-dealkylation sites (N-methyl/N-ethyl adjacent to an activating group) is 1. The van der Waals surface area contributed by atoms with E-state index in [1.807, 2.05) is 33.0 Å². The summed E-state index contributed by atoms with van der Waals surface area (Å²) in [5.74, 6) is 0.888. The fourth-order valence-corrected chi connectivity index (χ4v) is 1.85. The van der Waals surface area contributed by atoms with Crippen LogP contribution in [0.4, 0.5) is 0 Å². The summed E-state index contributed by atoms with van der Waals surface area (Å²) < 4.78 is 5.12. The summed E-state index contributed by atoms with van der Waals surface area (Å²) in [5.41, 5.74) is 0.655. The molecule has 17 heavy (non-hydrogen) atoms. The third-order valence-electron chi connectivity index (χ3n) is 2.60. The first-order valence-electron chi connectivity index (χ1n) is 5.94. The van der Waals surface area contributed by atoms with Crippen LogP contribution < -0.4 is 4.74 Å². The lowest BCUT2D eigenvalue weighted by atomic mass is 10.1. The molecule has 1 N–H and O–H groups in total. The quantitative estimate of drug-likeness (QED) is 0.820. The molecule has 0 fully saturated rings. The summed E-state index contributed by atoms with van der Waals surface area (Å²) in [6, 6.07) is 8.12. The molecule has 0 radical (unpaired) electrons. The van der Waals surface area contributed by atoms with Gasteiger partial charge in [0.05, 0.1) is 12.7 Å². The van der Waals surface area contributed by atoms with Crippen molar-refractivity contribution in [1.29, 1.82) is 0 Å². The van der Waals surface area contributed by atoms with Crippen molar-refractivity contribution in [2.24, 2.45) is 0 Å². The maximum Gasteiger partial charge on any atom is 0.118 e. The van der Waals surface area contributed by atoms with E-state index in [1.54, 1.807) is 7.11 Å². The molecular formula is C14H23NO2. The van der Waals surface area contributed by atoms with Crippen molar-refractivity contribution < 1.29 is 9.84 Å². The molecule has 0 unspecified atom stereocenters. The van der Waals surface area contributed by atoms with Gasteiger partial charge in [-0.25, -0.2) is 0 Å². The lowest BCUT2D eigenvalue weighted by Gasteiger charge is -2.25. The SMILES string of the molecule is COc1ccc(CCN(C)CC(C)(C)O)cc1. The van der Waals surface area contributed by atoms with Crippen LogP contribution in [0, 0.1) is 0 Å². The van der Waals surface area contributed by atoms with Crippen LogP contribution in [0.5, 0.6) is 5.75 Å². The zero-order valence-electron chi connectivity index (χ0n) is 11.2. The van der Waals surface area contributed by atoms with Gasteiger partial charge >= 0.3 is 0 Å². The van der Waals surface area contributed by atoms with E-state index in [9.17, 15) is 5.11 Å². The highest BCUT2D eigenvalue weighted by Crippen LogP contribution is 2.12. The second kappa shape index (κ2) is 6.03. The van der Waals surface area contributed by atoms with Crippen LogP contribution in [0.1, 0.15) is 19.4 Å². The van der Waals surface area contributed by atoms with Crippen LogP contribution >= 0.6 is 0 Å². The van der Waals surface area contributed by atoms with Gasteiger partial charge in [-0.15, -0.1) is 0 Å². The lowest BCUT2D eigenvalue weighted by Crippen LogP contribution is -2.37. The fraction of sp³-hybridized carbons (Fsp3) is 0.571. The van der Waals surface area contributed by atoms with Crippen LogP contribution in [0.3, 0.4) is 0 Å². The normalized spacial score (nSPS) is 11.9. The molecule has 0 spiro atoms. The molecule has 0 aliphatic carbocycles. The molecule has 0 heterocycles. The number of nitrogens with zero attached hydrogens (tertiary/aromatic N) is 1. The van der Waals surface area contributed by atoms with Gasteiger partial charge in [0.1, 0.15) is 5.75 Å². The number of benzene rings is 1. The van der Waals surface area contributed by atoms with Gasteiger partial charge in [-0.05, 0) is 45.0 Å². The monoisotopic (exact) mass is 237 g/mol. The van der Waals surface area contributed by atoms with Crippen molar-refractivity contribution >= 4 is 0 Å². The molecule has 0 aliphatic rings. The molecule has 3 heteroatoms. The van der Waals surface area contributed by atoms with Crippen molar-refractivity contribution in [2.75, 3.05) is 27.2 Å². The third kappa shape index (κ3) is 5.71. The Morgan fingerprint density at radius 1 is 1.24 bits per heavy atom. The topological polar surface area (TPSA) is 32.7 Å². The lowest BCUT2D eigenvalue weighted by molar-refractivity contribution is 0.0450. The van der Waals surface area contributed by atoms with Gasteiger partial charge in [-0.3, -0.25) is 0 Å². The molecule has 0 aromatic heterocycles. The van der Waals surface area contributed by atoms with E-state index in [0.717, 1.165) is 18.7 Å². The van der Waals surface area contributed by atoms with E-state index in [0.29, 0.717) is 6.54 Å². The largest absolute Gasteiger partial charge is 0.497 e. The van der Waals surface area contributed by atoms with Gasteiger partial charge in [-0.1, -0.05) is 12.1 Å². The van der Waals surface area contributed by atoms with E-state index in [2.05, 4.69) is 17.0 Å². The van der Waals surface area contributed by atoms with Crippen molar-refractivity contribution in [3.05, 3.63) is 29.8 Å². The van der Waals surface area contributed by atoms with Gasteiger partial charge in [0, 0.05) is 13.1 Å². The predicted octanol–water partition coefficient (Wildman–Crippen LogP) is 1.94. The summed E-state index contributed by atoms with van der Waals surface area (Å²) in [6.45, 7) is 5.28. The van der Waals surface area contributed by atoms with Crippen molar-refractivity contribution in [2.45, 2.75) is 25.9 Å². The number of hydrogen-bond donors (Lipinski definition) is 1. The Bertz CT molecular complexity index is 327. The molecule has 3 nitrogen and oxygen atoms in total. The van der Waals surface area contributed by atoms with E-state index in [1.165, 1.54) is 5.56 Å².